The van der Waals surface area contributed by atoms with Crippen molar-refractivity contribution in [2.75, 3.05) is 23.3 Å². The van der Waals surface area contributed by atoms with E-state index in [1.807, 2.05) is 25.7 Å². The molecule has 0 aliphatic carbocycles. The Bertz CT molecular complexity index is 508. The molecule has 6 nitrogen and oxygen atoms in total. The van der Waals surface area contributed by atoms with Crippen LogP contribution in [0.4, 0.5) is 17.1 Å². The number of nitriles is 1. The molecule has 0 saturated carbocycles. The van der Waals surface area contributed by atoms with Crippen LogP contribution in [0.25, 0.3) is 0 Å². The Morgan fingerprint density at radius 2 is 2.20 bits per heavy atom. The van der Waals surface area contributed by atoms with Gasteiger partial charge in [0.1, 0.15) is 11.4 Å². The first kappa shape index (κ1) is 15.8. The fourth-order valence-electron chi connectivity index (χ4n) is 2.12. The second-order valence-corrected chi connectivity index (χ2v) is 4.66. The highest BCUT2D eigenvalue weighted by molar-refractivity contribution is 5.77. The number of para-hydroxylation sites is 1. The van der Waals surface area contributed by atoms with Gasteiger partial charge in [0.25, 0.3) is 0 Å². The van der Waals surface area contributed by atoms with Crippen molar-refractivity contribution >= 4 is 17.1 Å². The number of benzene rings is 1. The molecule has 0 fully saturated rings. The zero-order valence-electron chi connectivity index (χ0n) is 12.1. The molecule has 0 aliphatic rings. The van der Waals surface area contributed by atoms with E-state index in [0.717, 1.165) is 0 Å². The van der Waals surface area contributed by atoms with Crippen molar-refractivity contribution in [1.29, 1.82) is 5.26 Å². The van der Waals surface area contributed by atoms with Crippen molar-refractivity contribution in [3.63, 3.8) is 0 Å². The lowest BCUT2D eigenvalue weighted by atomic mass is 10.1. The minimum atomic E-state index is -0.366. The summed E-state index contributed by atoms with van der Waals surface area (Å²) in [5, 5.41) is 23.1. The average molecular weight is 276 g/mol. The van der Waals surface area contributed by atoms with Crippen LogP contribution in [0.15, 0.2) is 18.2 Å². The van der Waals surface area contributed by atoms with Crippen molar-refractivity contribution in [3.8, 4) is 6.07 Å². The third-order valence-corrected chi connectivity index (χ3v) is 2.96. The van der Waals surface area contributed by atoms with Gasteiger partial charge in [0.05, 0.1) is 17.4 Å². The third kappa shape index (κ3) is 3.60. The van der Waals surface area contributed by atoms with Crippen molar-refractivity contribution in [3.05, 3.63) is 28.3 Å². The van der Waals surface area contributed by atoms with Crippen LogP contribution in [0.2, 0.25) is 0 Å². The second kappa shape index (κ2) is 7.34. The molecule has 20 heavy (non-hydrogen) atoms. The first-order valence-corrected chi connectivity index (χ1v) is 6.67. The highest BCUT2D eigenvalue weighted by Crippen LogP contribution is 2.36. The maximum atomic E-state index is 11.4. The first-order chi connectivity index (χ1) is 9.52. The summed E-state index contributed by atoms with van der Waals surface area (Å²) in [6.45, 7) is 6.91. The Labute approximate surface area is 119 Å². The molecular weight excluding hydrogens is 256 g/mol. The summed E-state index contributed by atoms with van der Waals surface area (Å²) in [6.07, 6.45) is 0.334. The van der Waals surface area contributed by atoms with Gasteiger partial charge in [-0.1, -0.05) is 6.07 Å². The minimum absolute atomic E-state index is 0.0704. The normalized spacial score (nSPS) is 10.2. The molecule has 0 aliphatic heterocycles. The van der Waals surface area contributed by atoms with E-state index in [2.05, 4.69) is 11.4 Å². The molecule has 0 saturated heterocycles. The van der Waals surface area contributed by atoms with E-state index in [1.54, 1.807) is 18.2 Å². The van der Waals surface area contributed by atoms with E-state index in [0.29, 0.717) is 30.9 Å². The zero-order chi connectivity index (χ0) is 15.1. The molecule has 108 valence electrons. The lowest BCUT2D eigenvalue weighted by molar-refractivity contribution is -0.383. The fraction of sp³-hybridized carbons (Fsp3) is 0.500. The van der Waals surface area contributed by atoms with Crippen molar-refractivity contribution in [2.45, 2.75) is 33.2 Å². The maximum absolute atomic E-state index is 11.4. The van der Waals surface area contributed by atoms with Gasteiger partial charge in [-0.25, -0.2) is 0 Å². The van der Waals surface area contributed by atoms with Crippen molar-refractivity contribution < 1.29 is 4.92 Å². The number of anilines is 2. The molecule has 0 amide bonds. The number of nitro benzene ring substituents is 1. The molecule has 0 spiro atoms. The zero-order valence-corrected chi connectivity index (χ0v) is 12.1. The molecule has 0 bridgehead atoms. The molecule has 0 heterocycles. The Kier molecular flexibility index (Phi) is 5.78. The molecule has 0 aromatic heterocycles. The fourth-order valence-corrected chi connectivity index (χ4v) is 2.12. The van der Waals surface area contributed by atoms with E-state index in [4.69, 9.17) is 5.26 Å². The van der Waals surface area contributed by atoms with Gasteiger partial charge >= 0.3 is 5.69 Å². The molecule has 1 rings (SSSR count). The molecule has 0 radical (unpaired) electrons. The number of rotatable bonds is 7. The van der Waals surface area contributed by atoms with E-state index >= 15 is 0 Å². The predicted octanol–water partition coefficient (Wildman–Crippen LogP) is 3.16. The average Bonchev–Trinajstić information content (AvgIpc) is 2.39. The highest BCUT2D eigenvalue weighted by Gasteiger charge is 2.24. The molecule has 6 heteroatoms. The van der Waals surface area contributed by atoms with Gasteiger partial charge < -0.3 is 10.2 Å². The van der Waals surface area contributed by atoms with Crippen LogP contribution < -0.4 is 10.2 Å². The number of hydrogen-bond donors (Lipinski definition) is 1. The molecule has 0 atom stereocenters. The molecule has 0 unspecified atom stereocenters. The molecule has 1 aromatic carbocycles. The summed E-state index contributed by atoms with van der Waals surface area (Å²) in [7, 11) is 0. The minimum Gasteiger partial charge on any atom is -0.380 e. The van der Waals surface area contributed by atoms with Gasteiger partial charge in [-0.15, -0.1) is 0 Å². The van der Waals surface area contributed by atoms with Crippen LogP contribution in [0, 0.1) is 21.4 Å². The topological polar surface area (TPSA) is 82.2 Å². The van der Waals surface area contributed by atoms with Gasteiger partial charge in [-0.3, -0.25) is 10.1 Å². The van der Waals surface area contributed by atoms with Crippen molar-refractivity contribution in [1.82, 2.24) is 0 Å². The summed E-state index contributed by atoms with van der Waals surface area (Å²) >= 11 is 0. The summed E-state index contributed by atoms with van der Waals surface area (Å²) < 4.78 is 0. The third-order valence-electron chi connectivity index (χ3n) is 2.96. The Morgan fingerprint density at radius 3 is 2.70 bits per heavy atom. The van der Waals surface area contributed by atoms with Crippen LogP contribution in [0.1, 0.15) is 27.2 Å². The van der Waals surface area contributed by atoms with Crippen LogP contribution in [0.5, 0.6) is 0 Å². The Morgan fingerprint density at radius 1 is 1.50 bits per heavy atom. The highest BCUT2D eigenvalue weighted by atomic mass is 16.6. The van der Waals surface area contributed by atoms with Crippen molar-refractivity contribution in [2.24, 2.45) is 0 Å². The summed E-state index contributed by atoms with van der Waals surface area (Å²) in [6, 6.07) is 7.39. The van der Waals surface area contributed by atoms with Gasteiger partial charge in [-0.2, -0.15) is 5.26 Å². The standard InChI is InChI=1S/C14H20N4O2/c1-4-16-12-7-5-8-13(14(12)18(19)20)17(11(2)3)10-6-9-15/h5,7-8,11,16H,4,6,10H2,1-3H3. The smallest absolute Gasteiger partial charge is 0.315 e. The van der Waals surface area contributed by atoms with Crippen LogP contribution in [0.3, 0.4) is 0 Å². The van der Waals surface area contributed by atoms with E-state index in [9.17, 15) is 10.1 Å². The lowest BCUT2D eigenvalue weighted by Gasteiger charge is -2.28. The van der Waals surface area contributed by atoms with Gasteiger partial charge in [-0.05, 0) is 32.9 Å². The SMILES string of the molecule is CCNc1cccc(N(CCC#N)C(C)C)c1[N+](=O)[O-]. The maximum Gasteiger partial charge on any atom is 0.315 e. The van der Waals surface area contributed by atoms with E-state index < -0.39 is 0 Å². The number of nitro groups is 1. The van der Waals surface area contributed by atoms with Crippen LogP contribution in [-0.2, 0) is 0 Å². The summed E-state index contributed by atoms with van der Waals surface area (Å²) in [5.41, 5.74) is 1.14. The Balaban J connectivity index is 3.29. The predicted molar refractivity (Wildman–Crippen MR) is 80.0 cm³/mol. The molecule has 1 N–H and O–H groups in total. The summed E-state index contributed by atoms with van der Waals surface area (Å²) in [4.78, 5) is 12.9. The molecule has 1 aromatic rings. The molecular formula is C14H20N4O2. The van der Waals surface area contributed by atoms with E-state index in [-0.39, 0.29) is 16.7 Å². The van der Waals surface area contributed by atoms with Gasteiger partial charge in [0.15, 0.2) is 0 Å². The largest absolute Gasteiger partial charge is 0.380 e. The van der Waals surface area contributed by atoms with Crippen LogP contribution in [-0.4, -0.2) is 24.1 Å². The number of nitrogens with one attached hydrogen (secondary N) is 1. The monoisotopic (exact) mass is 276 g/mol. The lowest BCUT2D eigenvalue weighted by Crippen LogP contribution is -2.32. The van der Waals surface area contributed by atoms with Crippen LogP contribution >= 0.6 is 0 Å². The Hall–Kier alpha value is -2.29. The summed E-state index contributed by atoms with van der Waals surface area (Å²) in [5.74, 6) is 0. The second-order valence-electron chi connectivity index (χ2n) is 4.66. The number of hydrogen-bond acceptors (Lipinski definition) is 5. The quantitative estimate of drug-likeness (QED) is 0.611. The van der Waals surface area contributed by atoms with Gasteiger partial charge in [0, 0.05) is 19.1 Å². The van der Waals surface area contributed by atoms with E-state index in [1.165, 1.54) is 0 Å². The first-order valence-electron chi connectivity index (χ1n) is 6.67. The number of nitrogens with zero attached hydrogens (tertiary/aromatic N) is 3. The van der Waals surface area contributed by atoms with Gasteiger partial charge in [0.2, 0.25) is 0 Å².